The second-order valence-electron chi connectivity index (χ2n) is 4.30. The smallest absolute Gasteiger partial charge is 0.175 e. The molecule has 1 unspecified atom stereocenters. The molecule has 0 saturated heterocycles. The van der Waals surface area contributed by atoms with Gasteiger partial charge in [0.05, 0.1) is 4.90 Å². The number of sulfone groups is 1. The van der Waals surface area contributed by atoms with Crippen LogP contribution in [0, 0.1) is 0 Å². The summed E-state index contributed by atoms with van der Waals surface area (Å²) in [6, 6.07) is 13.1. The van der Waals surface area contributed by atoms with Crippen LogP contribution in [0.25, 0.3) is 0 Å². The first-order valence-electron chi connectivity index (χ1n) is 5.61. The van der Waals surface area contributed by atoms with Gasteiger partial charge in [-0.2, -0.15) is 0 Å². The van der Waals surface area contributed by atoms with E-state index < -0.39 is 15.9 Å². The van der Waals surface area contributed by atoms with Crippen molar-refractivity contribution >= 4 is 21.4 Å². The van der Waals surface area contributed by atoms with Crippen LogP contribution in [0.4, 0.5) is 0 Å². The zero-order chi connectivity index (χ0) is 14.0. The van der Waals surface area contributed by atoms with Gasteiger partial charge in [-0.25, -0.2) is 8.42 Å². The SMILES string of the molecule is CS(=O)(=O)c1cccc(C(O)c2ccc(Cl)cc2)c1. The van der Waals surface area contributed by atoms with Crippen LogP contribution in [0.2, 0.25) is 5.02 Å². The van der Waals surface area contributed by atoms with E-state index >= 15 is 0 Å². The first kappa shape index (κ1) is 14.1. The lowest BCUT2D eigenvalue weighted by Crippen LogP contribution is -2.02. The summed E-state index contributed by atoms with van der Waals surface area (Å²) in [5, 5.41) is 10.8. The molecule has 2 aromatic carbocycles. The summed E-state index contributed by atoms with van der Waals surface area (Å²) in [4.78, 5) is 0.193. The summed E-state index contributed by atoms with van der Waals surface area (Å²) in [7, 11) is -3.28. The van der Waals surface area contributed by atoms with E-state index in [1.165, 1.54) is 12.1 Å². The molecule has 0 saturated carbocycles. The van der Waals surface area contributed by atoms with Crippen molar-refractivity contribution in [2.24, 2.45) is 0 Å². The quantitative estimate of drug-likeness (QED) is 0.947. The van der Waals surface area contributed by atoms with E-state index in [0.29, 0.717) is 16.1 Å². The largest absolute Gasteiger partial charge is 0.384 e. The second kappa shape index (κ2) is 5.33. The molecule has 0 spiro atoms. The Morgan fingerprint density at radius 1 is 1.05 bits per heavy atom. The Hall–Kier alpha value is -1.36. The van der Waals surface area contributed by atoms with E-state index in [0.717, 1.165) is 6.26 Å². The highest BCUT2D eigenvalue weighted by atomic mass is 35.5. The van der Waals surface area contributed by atoms with E-state index in [-0.39, 0.29) is 4.90 Å². The van der Waals surface area contributed by atoms with Gasteiger partial charge >= 0.3 is 0 Å². The van der Waals surface area contributed by atoms with Crippen LogP contribution in [-0.2, 0) is 9.84 Å². The summed E-state index contributed by atoms with van der Waals surface area (Å²) < 4.78 is 23.0. The molecule has 0 amide bonds. The molecule has 2 aromatic rings. The number of hydrogen-bond acceptors (Lipinski definition) is 3. The number of hydrogen-bond donors (Lipinski definition) is 1. The van der Waals surface area contributed by atoms with Crippen molar-refractivity contribution in [3.63, 3.8) is 0 Å². The lowest BCUT2D eigenvalue weighted by Gasteiger charge is -2.12. The number of halogens is 1. The lowest BCUT2D eigenvalue weighted by molar-refractivity contribution is 0.220. The predicted molar refractivity (Wildman–Crippen MR) is 75.1 cm³/mol. The van der Waals surface area contributed by atoms with Gasteiger partial charge in [-0.1, -0.05) is 35.9 Å². The topological polar surface area (TPSA) is 54.4 Å². The summed E-state index contributed by atoms with van der Waals surface area (Å²) in [5.74, 6) is 0. The maximum Gasteiger partial charge on any atom is 0.175 e. The molecule has 2 rings (SSSR count). The number of benzene rings is 2. The Morgan fingerprint density at radius 2 is 1.68 bits per heavy atom. The Labute approximate surface area is 117 Å². The monoisotopic (exact) mass is 296 g/mol. The normalized spacial score (nSPS) is 13.2. The fraction of sp³-hybridized carbons (Fsp3) is 0.143. The molecule has 0 aliphatic heterocycles. The van der Waals surface area contributed by atoms with Crippen LogP contribution in [0.15, 0.2) is 53.4 Å². The Kier molecular flexibility index (Phi) is 3.94. The van der Waals surface area contributed by atoms with Gasteiger partial charge in [0.1, 0.15) is 6.10 Å². The van der Waals surface area contributed by atoms with E-state index in [1.54, 1.807) is 36.4 Å². The third kappa shape index (κ3) is 3.35. The maximum atomic E-state index is 11.5. The third-order valence-corrected chi connectivity index (χ3v) is 4.15. The molecule has 19 heavy (non-hydrogen) atoms. The number of rotatable bonds is 3. The molecule has 5 heteroatoms. The van der Waals surface area contributed by atoms with Gasteiger partial charge in [-0.05, 0) is 35.4 Å². The van der Waals surface area contributed by atoms with Gasteiger partial charge in [0.2, 0.25) is 0 Å². The molecular weight excluding hydrogens is 284 g/mol. The highest BCUT2D eigenvalue weighted by molar-refractivity contribution is 7.90. The van der Waals surface area contributed by atoms with Crippen LogP contribution < -0.4 is 0 Å². The standard InChI is InChI=1S/C14H13ClO3S/c1-19(17,18)13-4-2-3-11(9-13)14(16)10-5-7-12(15)8-6-10/h2-9,14,16H,1H3. The van der Waals surface area contributed by atoms with E-state index in [1.807, 2.05) is 0 Å². The minimum atomic E-state index is -3.28. The molecule has 3 nitrogen and oxygen atoms in total. The minimum Gasteiger partial charge on any atom is -0.384 e. The molecule has 0 aromatic heterocycles. The second-order valence-corrected chi connectivity index (χ2v) is 6.75. The van der Waals surface area contributed by atoms with Gasteiger partial charge < -0.3 is 5.11 Å². The fourth-order valence-corrected chi connectivity index (χ4v) is 2.55. The Bertz CT molecular complexity index is 678. The average Bonchev–Trinajstić information content (AvgIpc) is 2.38. The highest BCUT2D eigenvalue weighted by Crippen LogP contribution is 2.25. The van der Waals surface area contributed by atoms with Crippen LogP contribution in [0.1, 0.15) is 17.2 Å². The van der Waals surface area contributed by atoms with Crippen molar-refractivity contribution in [2.45, 2.75) is 11.0 Å². The number of aliphatic hydroxyl groups is 1. The maximum absolute atomic E-state index is 11.5. The van der Waals surface area contributed by atoms with Gasteiger partial charge in [0.25, 0.3) is 0 Å². The van der Waals surface area contributed by atoms with E-state index in [9.17, 15) is 13.5 Å². The molecule has 0 aliphatic rings. The first-order chi connectivity index (χ1) is 8.88. The third-order valence-electron chi connectivity index (χ3n) is 2.79. The van der Waals surface area contributed by atoms with Gasteiger partial charge in [-0.3, -0.25) is 0 Å². The zero-order valence-corrected chi connectivity index (χ0v) is 11.8. The summed E-state index contributed by atoms with van der Waals surface area (Å²) in [6.45, 7) is 0. The van der Waals surface area contributed by atoms with E-state index in [4.69, 9.17) is 11.6 Å². The number of aliphatic hydroxyl groups excluding tert-OH is 1. The molecular formula is C14H13ClO3S. The summed E-state index contributed by atoms with van der Waals surface area (Å²) in [6.07, 6.45) is 0.264. The van der Waals surface area contributed by atoms with Crippen LogP contribution in [-0.4, -0.2) is 19.8 Å². The molecule has 0 aliphatic carbocycles. The van der Waals surface area contributed by atoms with Crippen molar-refractivity contribution in [1.29, 1.82) is 0 Å². The average molecular weight is 297 g/mol. The van der Waals surface area contributed by atoms with Crippen LogP contribution in [0.3, 0.4) is 0 Å². The Balaban J connectivity index is 2.39. The molecule has 0 heterocycles. The van der Waals surface area contributed by atoms with Crippen molar-refractivity contribution in [1.82, 2.24) is 0 Å². The molecule has 0 bridgehead atoms. The lowest BCUT2D eigenvalue weighted by atomic mass is 10.0. The first-order valence-corrected chi connectivity index (χ1v) is 7.88. The summed E-state index contributed by atoms with van der Waals surface area (Å²) >= 11 is 5.79. The Morgan fingerprint density at radius 3 is 2.26 bits per heavy atom. The molecule has 100 valence electrons. The minimum absolute atomic E-state index is 0.193. The molecule has 1 N–H and O–H groups in total. The van der Waals surface area contributed by atoms with Crippen molar-refractivity contribution in [3.05, 3.63) is 64.7 Å². The molecule has 0 fully saturated rings. The fourth-order valence-electron chi connectivity index (χ4n) is 1.75. The van der Waals surface area contributed by atoms with Crippen molar-refractivity contribution < 1.29 is 13.5 Å². The van der Waals surface area contributed by atoms with Gasteiger partial charge in [0.15, 0.2) is 9.84 Å². The molecule has 1 atom stereocenters. The zero-order valence-electron chi connectivity index (χ0n) is 10.2. The van der Waals surface area contributed by atoms with Crippen molar-refractivity contribution in [3.8, 4) is 0 Å². The highest BCUT2D eigenvalue weighted by Gasteiger charge is 2.13. The predicted octanol–water partition coefficient (Wildman–Crippen LogP) is 2.83. The summed E-state index contributed by atoms with van der Waals surface area (Å²) in [5.41, 5.74) is 1.19. The van der Waals surface area contributed by atoms with Crippen LogP contribution >= 0.6 is 11.6 Å². The van der Waals surface area contributed by atoms with Crippen molar-refractivity contribution in [2.75, 3.05) is 6.26 Å². The van der Waals surface area contributed by atoms with E-state index in [2.05, 4.69) is 0 Å². The van der Waals surface area contributed by atoms with Gasteiger partial charge in [0, 0.05) is 11.3 Å². The molecule has 0 radical (unpaired) electrons. The van der Waals surface area contributed by atoms with Gasteiger partial charge in [-0.15, -0.1) is 0 Å². The van der Waals surface area contributed by atoms with Crippen LogP contribution in [0.5, 0.6) is 0 Å².